The molecule has 0 bridgehead atoms. The lowest BCUT2D eigenvalue weighted by molar-refractivity contribution is -0.140. The van der Waals surface area contributed by atoms with Crippen molar-refractivity contribution in [2.75, 3.05) is 13.7 Å². The molecule has 0 fully saturated rings. The first-order valence-electron chi connectivity index (χ1n) is 4.53. The van der Waals surface area contributed by atoms with E-state index in [1.807, 2.05) is 0 Å². The average molecular weight is 214 g/mol. The summed E-state index contributed by atoms with van der Waals surface area (Å²) in [5.74, 6) is 0.227. The third-order valence-corrected chi connectivity index (χ3v) is 1.40. The molecule has 0 heterocycles. The van der Waals surface area contributed by atoms with E-state index in [9.17, 15) is 9.18 Å². The number of esters is 1. The first-order valence-corrected chi connectivity index (χ1v) is 4.53. The molecule has 1 rings (SSSR count). The summed E-state index contributed by atoms with van der Waals surface area (Å²) in [5, 5.41) is 0. The van der Waals surface area contributed by atoms with Crippen LogP contribution in [0.3, 0.4) is 0 Å². The molecule has 0 radical (unpaired) electrons. The van der Waals surface area contributed by atoms with Gasteiger partial charge < -0.3 is 9.47 Å². The second-order valence-corrected chi connectivity index (χ2v) is 2.58. The number of hydrogen-bond acceptors (Lipinski definition) is 3. The van der Waals surface area contributed by atoms with Gasteiger partial charge in [-0.05, 0) is 31.2 Å². The minimum atomic E-state index is -0.240. The highest BCUT2D eigenvalue weighted by atomic mass is 19.1. The summed E-state index contributed by atoms with van der Waals surface area (Å²) in [4.78, 5) is 9.82. The Balaban J connectivity index is 0.000000288. The highest BCUT2D eigenvalue weighted by Crippen LogP contribution is 2.08. The number of carbonyl (C=O) groups is 1. The van der Waals surface area contributed by atoms with Crippen LogP contribution in [0.2, 0.25) is 0 Å². The molecule has 0 amide bonds. The van der Waals surface area contributed by atoms with E-state index < -0.39 is 0 Å². The molecule has 1 aromatic rings. The van der Waals surface area contributed by atoms with Crippen LogP contribution in [0.25, 0.3) is 0 Å². The molecule has 4 heteroatoms. The summed E-state index contributed by atoms with van der Waals surface area (Å²) in [6.07, 6.45) is 0. The molecule has 1 aromatic carbocycles. The van der Waals surface area contributed by atoms with Crippen molar-refractivity contribution in [2.24, 2.45) is 0 Å². The molecule has 0 spiro atoms. The van der Waals surface area contributed by atoms with E-state index in [4.69, 9.17) is 4.74 Å². The van der Waals surface area contributed by atoms with Crippen molar-refractivity contribution in [3.8, 4) is 5.75 Å². The molecule has 0 aliphatic heterocycles. The van der Waals surface area contributed by atoms with E-state index in [1.165, 1.54) is 19.1 Å². The van der Waals surface area contributed by atoms with Gasteiger partial charge in [0, 0.05) is 6.92 Å². The molecule has 0 aliphatic carbocycles. The van der Waals surface area contributed by atoms with Crippen molar-refractivity contribution in [1.82, 2.24) is 0 Å². The third-order valence-electron chi connectivity index (χ3n) is 1.40. The van der Waals surface area contributed by atoms with Gasteiger partial charge in [0.25, 0.3) is 0 Å². The van der Waals surface area contributed by atoms with Crippen molar-refractivity contribution in [3.63, 3.8) is 0 Å². The largest absolute Gasteiger partial charge is 0.497 e. The van der Waals surface area contributed by atoms with E-state index in [1.54, 1.807) is 26.2 Å². The highest BCUT2D eigenvalue weighted by molar-refractivity contribution is 5.65. The molecule has 0 aromatic heterocycles. The number of hydrogen-bond donors (Lipinski definition) is 0. The van der Waals surface area contributed by atoms with Crippen molar-refractivity contribution < 1.29 is 18.7 Å². The van der Waals surface area contributed by atoms with Crippen LogP contribution in [-0.2, 0) is 9.53 Å². The Morgan fingerprint density at radius 3 is 2.13 bits per heavy atom. The number of ether oxygens (including phenoxy) is 2. The topological polar surface area (TPSA) is 35.5 Å². The van der Waals surface area contributed by atoms with Gasteiger partial charge in [0.2, 0.25) is 0 Å². The van der Waals surface area contributed by atoms with E-state index in [-0.39, 0.29) is 11.8 Å². The Morgan fingerprint density at radius 2 is 1.87 bits per heavy atom. The summed E-state index contributed by atoms with van der Waals surface area (Å²) >= 11 is 0. The van der Waals surface area contributed by atoms with Gasteiger partial charge in [-0.1, -0.05) is 0 Å². The van der Waals surface area contributed by atoms with Crippen LogP contribution in [-0.4, -0.2) is 19.7 Å². The maximum Gasteiger partial charge on any atom is 0.302 e. The number of carbonyl (C=O) groups excluding carboxylic acids is 1. The van der Waals surface area contributed by atoms with Crippen molar-refractivity contribution >= 4 is 5.97 Å². The van der Waals surface area contributed by atoms with Crippen molar-refractivity contribution in [2.45, 2.75) is 13.8 Å². The average Bonchev–Trinajstić information content (AvgIpc) is 2.20. The van der Waals surface area contributed by atoms with Crippen LogP contribution < -0.4 is 4.74 Å². The van der Waals surface area contributed by atoms with Crippen LogP contribution >= 0.6 is 0 Å². The quantitative estimate of drug-likeness (QED) is 0.709. The fourth-order valence-corrected chi connectivity index (χ4v) is 0.774. The Hall–Kier alpha value is -1.58. The van der Waals surface area contributed by atoms with Gasteiger partial charge in [-0.25, -0.2) is 4.39 Å². The molecule has 0 aliphatic rings. The Labute approximate surface area is 88.8 Å². The fraction of sp³-hybridized carbons (Fsp3) is 0.364. The lowest BCUT2D eigenvalue weighted by Crippen LogP contribution is -1.95. The number of halogens is 1. The van der Waals surface area contributed by atoms with Gasteiger partial charge in [0.1, 0.15) is 11.6 Å². The smallest absolute Gasteiger partial charge is 0.302 e. The van der Waals surface area contributed by atoms with Gasteiger partial charge >= 0.3 is 5.97 Å². The van der Waals surface area contributed by atoms with Crippen LogP contribution in [0.15, 0.2) is 24.3 Å². The van der Waals surface area contributed by atoms with E-state index in [2.05, 4.69) is 4.74 Å². The highest BCUT2D eigenvalue weighted by Gasteiger charge is 1.88. The van der Waals surface area contributed by atoms with E-state index in [0.29, 0.717) is 12.4 Å². The number of benzene rings is 1. The molecule has 0 atom stereocenters. The standard InChI is InChI=1S/C7H7FO.C4H8O2/c1-9-7-4-2-6(8)3-5-7;1-3-6-4(2)5/h2-5H,1H3;3H2,1-2H3. The predicted octanol–water partition coefficient (Wildman–Crippen LogP) is 2.40. The summed E-state index contributed by atoms with van der Waals surface area (Å²) in [6, 6.07) is 5.88. The molecule has 15 heavy (non-hydrogen) atoms. The normalized spacial score (nSPS) is 8.53. The maximum atomic E-state index is 12.2. The van der Waals surface area contributed by atoms with Gasteiger partial charge in [-0.3, -0.25) is 4.79 Å². The molecular formula is C11H15FO3. The molecule has 3 nitrogen and oxygen atoms in total. The summed E-state index contributed by atoms with van der Waals surface area (Å²) in [6.45, 7) is 3.65. The molecule has 0 unspecified atom stereocenters. The summed E-state index contributed by atoms with van der Waals surface area (Å²) in [5.41, 5.74) is 0. The lowest BCUT2D eigenvalue weighted by atomic mass is 10.3. The summed E-state index contributed by atoms with van der Waals surface area (Å²) < 4.78 is 21.4. The van der Waals surface area contributed by atoms with Gasteiger partial charge in [-0.15, -0.1) is 0 Å². The molecule has 0 saturated heterocycles. The Kier molecular flexibility index (Phi) is 6.97. The summed E-state index contributed by atoms with van der Waals surface area (Å²) in [7, 11) is 1.55. The number of methoxy groups -OCH3 is 1. The Bertz CT molecular complexity index is 282. The minimum absolute atomic E-state index is 0.211. The second-order valence-electron chi connectivity index (χ2n) is 2.58. The minimum Gasteiger partial charge on any atom is -0.497 e. The van der Waals surface area contributed by atoms with Gasteiger partial charge in [0.15, 0.2) is 0 Å². The first kappa shape index (κ1) is 13.4. The van der Waals surface area contributed by atoms with Gasteiger partial charge in [-0.2, -0.15) is 0 Å². The fourth-order valence-electron chi connectivity index (χ4n) is 0.774. The lowest BCUT2D eigenvalue weighted by Gasteiger charge is -1.95. The number of rotatable bonds is 2. The van der Waals surface area contributed by atoms with E-state index in [0.717, 1.165) is 0 Å². The molecular weight excluding hydrogens is 199 g/mol. The monoisotopic (exact) mass is 214 g/mol. The zero-order valence-corrected chi connectivity index (χ0v) is 9.12. The third kappa shape index (κ3) is 7.49. The predicted molar refractivity (Wildman–Crippen MR) is 55.3 cm³/mol. The molecule has 0 N–H and O–H groups in total. The molecule has 0 saturated carbocycles. The van der Waals surface area contributed by atoms with Crippen LogP contribution in [0.1, 0.15) is 13.8 Å². The zero-order valence-electron chi connectivity index (χ0n) is 9.12. The SMILES string of the molecule is CCOC(C)=O.COc1ccc(F)cc1. The van der Waals surface area contributed by atoms with Crippen LogP contribution in [0, 0.1) is 5.82 Å². The van der Waals surface area contributed by atoms with Crippen LogP contribution in [0.4, 0.5) is 4.39 Å². The van der Waals surface area contributed by atoms with Gasteiger partial charge in [0.05, 0.1) is 13.7 Å². The van der Waals surface area contributed by atoms with Crippen molar-refractivity contribution in [3.05, 3.63) is 30.1 Å². The zero-order chi connectivity index (χ0) is 11.7. The van der Waals surface area contributed by atoms with Crippen molar-refractivity contribution in [1.29, 1.82) is 0 Å². The maximum absolute atomic E-state index is 12.2. The first-order chi connectivity index (χ1) is 7.10. The van der Waals surface area contributed by atoms with Crippen LogP contribution in [0.5, 0.6) is 5.75 Å². The van der Waals surface area contributed by atoms with E-state index >= 15 is 0 Å². The Morgan fingerprint density at radius 1 is 1.33 bits per heavy atom. The molecule has 84 valence electrons. The second kappa shape index (κ2) is 7.79.